The van der Waals surface area contributed by atoms with Gasteiger partial charge in [-0.2, -0.15) is 0 Å². The van der Waals surface area contributed by atoms with E-state index in [9.17, 15) is 9.59 Å². The minimum Gasteiger partial charge on any atom is -0.378 e. The Bertz CT molecular complexity index is 531. The van der Waals surface area contributed by atoms with E-state index in [0.717, 1.165) is 6.42 Å². The number of hydrogen-bond donors (Lipinski definition) is 1. The van der Waals surface area contributed by atoms with Crippen molar-refractivity contribution in [3.8, 4) is 0 Å². The molecule has 0 spiro atoms. The number of anilines is 1. The third-order valence-corrected chi connectivity index (χ3v) is 4.02. The zero-order valence-corrected chi connectivity index (χ0v) is 13.5. The first-order valence-electron chi connectivity index (χ1n) is 7.72. The maximum absolute atomic E-state index is 12.6. The van der Waals surface area contributed by atoms with Crippen LogP contribution in [0, 0.1) is 5.41 Å². The highest BCUT2D eigenvalue weighted by Crippen LogP contribution is 2.23. The number of morpholine rings is 1. The van der Waals surface area contributed by atoms with Crippen LogP contribution in [0.2, 0.25) is 0 Å². The molecule has 0 radical (unpaired) electrons. The van der Waals surface area contributed by atoms with Crippen molar-refractivity contribution in [3.05, 3.63) is 29.8 Å². The number of nitrogens with one attached hydrogen (secondary N) is 1. The summed E-state index contributed by atoms with van der Waals surface area (Å²) in [4.78, 5) is 26.7. The van der Waals surface area contributed by atoms with Gasteiger partial charge in [0, 0.05) is 18.8 Å². The normalized spacial score (nSPS) is 15.5. The highest BCUT2D eigenvalue weighted by atomic mass is 16.5. The molecule has 5 nitrogen and oxygen atoms in total. The molecule has 0 saturated carbocycles. The predicted octanol–water partition coefficient (Wildman–Crippen LogP) is 2.07. The summed E-state index contributed by atoms with van der Waals surface area (Å²) in [6.07, 6.45) is 0.954. The number of carbonyl (C=O) groups excluding carboxylic acids is 2. The number of hydrogen-bond acceptors (Lipinski definition) is 3. The zero-order valence-electron chi connectivity index (χ0n) is 13.5. The van der Waals surface area contributed by atoms with Gasteiger partial charge in [0.15, 0.2) is 0 Å². The summed E-state index contributed by atoms with van der Waals surface area (Å²) >= 11 is 0. The number of benzene rings is 1. The van der Waals surface area contributed by atoms with Crippen molar-refractivity contribution in [2.75, 3.05) is 31.6 Å². The molecule has 1 aliphatic rings. The molecule has 1 aliphatic heterocycles. The Labute approximate surface area is 131 Å². The van der Waals surface area contributed by atoms with Gasteiger partial charge in [-0.1, -0.05) is 19.1 Å². The molecule has 1 N–H and O–H groups in total. The van der Waals surface area contributed by atoms with E-state index in [0.29, 0.717) is 32.0 Å². The van der Waals surface area contributed by atoms with Crippen LogP contribution < -0.4 is 5.32 Å². The number of ether oxygens (including phenoxy) is 1. The van der Waals surface area contributed by atoms with Crippen LogP contribution in [0.5, 0.6) is 0 Å². The molecule has 2 rings (SSSR count). The van der Waals surface area contributed by atoms with Gasteiger partial charge in [-0.15, -0.1) is 0 Å². The van der Waals surface area contributed by atoms with Crippen LogP contribution in [0.3, 0.4) is 0 Å². The van der Waals surface area contributed by atoms with E-state index in [1.165, 1.54) is 5.56 Å². The average Bonchev–Trinajstić information content (AvgIpc) is 2.55. The van der Waals surface area contributed by atoms with Gasteiger partial charge in [0.25, 0.3) is 0 Å². The average molecular weight is 304 g/mol. The molecule has 1 heterocycles. The summed E-state index contributed by atoms with van der Waals surface area (Å²) in [5, 5.41) is 2.84. The maximum atomic E-state index is 12.6. The van der Waals surface area contributed by atoms with Gasteiger partial charge in [-0.05, 0) is 38.0 Å². The highest BCUT2D eigenvalue weighted by molar-refractivity contribution is 6.09. The second kappa shape index (κ2) is 6.92. The maximum Gasteiger partial charge on any atom is 0.239 e. The number of carbonyl (C=O) groups is 2. The Morgan fingerprint density at radius 3 is 2.32 bits per heavy atom. The third kappa shape index (κ3) is 3.65. The highest BCUT2D eigenvalue weighted by Gasteiger charge is 2.39. The van der Waals surface area contributed by atoms with Crippen molar-refractivity contribution in [2.45, 2.75) is 27.2 Å². The number of nitrogens with zero attached hydrogens (tertiary/aromatic N) is 1. The van der Waals surface area contributed by atoms with Crippen LogP contribution in [0.25, 0.3) is 0 Å². The largest absolute Gasteiger partial charge is 0.378 e. The molecule has 0 bridgehead atoms. The first-order chi connectivity index (χ1) is 10.4. The lowest BCUT2D eigenvalue weighted by molar-refractivity contribution is -0.149. The third-order valence-electron chi connectivity index (χ3n) is 4.02. The van der Waals surface area contributed by atoms with Gasteiger partial charge < -0.3 is 15.0 Å². The van der Waals surface area contributed by atoms with E-state index >= 15 is 0 Å². The molecule has 1 aromatic rings. The van der Waals surface area contributed by atoms with Gasteiger partial charge in [0.1, 0.15) is 5.41 Å². The lowest BCUT2D eigenvalue weighted by Gasteiger charge is -2.33. The smallest absolute Gasteiger partial charge is 0.239 e. The van der Waals surface area contributed by atoms with Crippen molar-refractivity contribution < 1.29 is 14.3 Å². The van der Waals surface area contributed by atoms with Gasteiger partial charge in [-0.3, -0.25) is 9.59 Å². The van der Waals surface area contributed by atoms with Crippen LogP contribution in [0.4, 0.5) is 5.69 Å². The van der Waals surface area contributed by atoms with E-state index < -0.39 is 5.41 Å². The monoisotopic (exact) mass is 304 g/mol. The standard InChI is InChI=1S/C17H24N2O3/c1-4-13-5-7-14(8-6-13)18-15(20)17(2,3)16(21)19-9-11-22-12-10-19/h5-8H,4,9-12H2,1-3H3,(H,18,20). The Morgan fingerprint density at radius 1 is 1.18 bits per heavy atom. The summed E-state index contributed by atoms with van der Waals surface area (Å²) in [6.45, 7) is 7.56. The van der Waals surface area contributed by atoms with Crippen molar-refractivity contribution in [1.82, 2.24) is 4.90 Å². The Kier molecular flexibility index (Phi) is 5.19. The molecule has 2 amide bonds. The first-order valence-corrected chi connectivity index (χ1v) is 7.72. The second-order valence-electron chi connectivity index (χ2n) is 6.03. The molecule has 1 fully saturated rings. The Hall–Kier alpha value is -1.88. The van der Waals surface area contributed by atoms with Gasteiger partial charge in [0.05, 0.1) is 13.2 Å². The van der Waals surface area contributed by atoms with Crippen LogP contribution in [0.1, 0.15) is 26.3 Å². The van der Waals surface area contributed by atoms with Crippen molar-refractivity contribution in [2.24, 2.45) is 5.41 Å². The molecule has 120 valence electrons. The molecular weight excluding hydrogens is 280 g/mol. The fraction of sp³-hybridized carbons (Fsp3) is 0.529. The Balaban J connectivity index is 2.03. The topological polar surface area (TPSA) is 58.6 Å². The van der Waals surface area contributed by atoms with E-state index in [4.69, 9.17) is 4.74 Å². The van der Waals surface area contributed by atoms with Gasteiger partial charge >= 0.3 is 0 Å². The van der Waals surface area contributed by atoms with E-state index in [1.807, 2.05) is 24.3 Å². The minimum atomic E-state index is -1.10. The van der Waals surface area contributed by atoms with Crippen LogP contribution in [-0.4, -0.2) is 43.0 Å². The minimum absolute atomic E-state index is 0.154. The summed E-state index contributed by atoms with van der Waals surface area (Å²) in [5.74, 6) is -0.438. The van der Waals surface area contributed by atoms with Crippen molar-refractivity contribution >= 4 is 17.5 Å². The number of aryl methyl sites for hydroxylation is 1. The molecule has 1 aromatic carbocycles. The molecular formula is C17H24N2O3. The van der Waals surface area contributed by atoms with E-state index in [2.05, 4.69) is 12.2 Å². The Morgan fingerprint density at radius 2 is 1.77 bits per heavy atom. The molecule has 0 unspecified atom stereocenters. The molecule has 0 aromatic heterocycles. The van der Waals surface area contributed by atoms with Gasteiger partial charge in [0.2, 0.25) is 11.8 Å². The fourth-order valence-corrected chi connectivity index (χ4v) is 2.37. The number of rotatable bonds is 4. The zero-order chi connectivity index (χ0) is 16.2. The fourth-order valence-electron chi connectivity index (χ4n) is 2.37. The predicted molar refractivity (Wildman–Crippen MR) is 85.6 cm³/mol. The number of amides is 2. The van der Waals surface area contributed by atoms with Gasteiger partial charge in [-0.25, -0.2) is 0 Å². The summed E-state index contributed by atoms with van der Waals surface area (Å²) in [7, 11) is 0. The van der Waals surface area contributed by atoms with Crippen LogP contribution in [-0.2, 0) is 20.7 Å². The van der Waals surface area contributed by atoms with E-state index in [-0.39, 0.29) is 11.8 Å². The SMILES string of the molecule is CCc1ccc(NC(=O)C(C)(C)C(=O)N2CCOCC2)cc1. The van der Waals surface area contributed by atoms with Crippen molar-refractivity contribution in [1.29, 1.82) is 0 Å². The van der Waals surface area contributed by atoms with Crippen LogP contribution in [0.15, 0.2) is 24.3 Å². The summed E-state index contributed by atoms with van der Waals surface area (Å²) in [6, 6.07) is 7.69. The van der Waals surface area contributed by atoms with Crippen LogP contribution >= 0.6 is 0 Å². The molecule has 1 saturated heterocycles. The van der Waals surface area contributed by atoms with Crippen molar-refractivity contribution in [3.63, 3.8) is 0 Å². The molecule has 0 aliphatic carbocycles. The lowest BCUT2D eigenvalue weighted by Crippen LogP contribution is -2.51. The molecule has 22 heavy (non-hydrogen) atoms. The quantitative estimate of drug-likeness (QED) is 0.866. The summed E-state index contributed by atoms with van der Waals surface area (Å²) in [5.41, 5.74) is 0.826. The van der Waals surface area contributed by atoms with E-state index in [1.54, 1.807) is 18.7 Å². The second-order valence-corrected chi connectivity index (χ2v) is 6.03. The molecule has 0 atom stereocenters. The lowest BCUT2D eigenvalue weighted by atomic mass is 9.90. The summed E-state index contributed by atoms with van der Waals surface area (Å²) < 4.78 is 5.25. The first kappa shape index (κ1) is 16.5. The molecule has 5 heteroatoms.